The molecule has 0 spiro atoms. The van der Waals surface area contributed by atoms with Crippen molar-refractivity contribution in [2.45, 2.75) is 32.4 Å². The molecule has 0 aliphatic rings. The number of methoxy groups -OCH3 is 1. The first-order valence-electron chi connectivity index (χ1n) is 11.5. The van der Waals surface area contributed by atoms with Crippen molar-refractivity contribution in [2.24, 2.45) is 5.92 Å². The zero-order valence-electron chi connectivity index (χ0n) is 21.3. The number of halogens is 4. The number of anilines is 1. The van der Waals surface area contributed by atoms with E-state index in [0.717, 1.165) is 0 Å². The van der Waals surface area contributed by atoms with Crippen molar-refractivity contribution in [3.63, 3.8) is 0 Å². The van der Waals surface area contributed by atoms with Gasteiger partial charge in [-0.15, -0.1) is 0 Å². The first-order chi connectivity index (χ1) is 18.8. The van der Waals surface area contributed by atoms with Gasteiger partial charge in [0.05, 0.1) is 19.2 Å². The van der Waals surface area contributed by atoms with Crippen LogP contribution in [0, 0.1) is 29.2 Å². The molecule has 0 bridgehead atoms. The van der Waals surface area contributed by atoms with Crippen LogP contribution in [-0.2, 0) is 24.0 Å². The molecule has 0 aromatic heterocycles. The molecule has 11 nitrogen and oxygen atoms in total. The fourth-order valence-electron chi connectivity index (χ4n) is 3.27. The molecular weight excluding hydrogens is 546 g/mol. The predicted octanol–water partition coefficient (Wildman–Crippen LogP) is 1.94. The summed E-state index contributed by atoms with van der Waals surface area (Å²) < 4.78 is 64.0. The van der Waals surface area contributed by atoms with E-state index in [1.54, 1.807) is 12.1 Å². The molecule has 15 heteroatoms. The summed E-state index contributed by atoms with van der Waals surface area (Å²) >= 11 is 0. The van der Waals surface area contributed by atoms with Gasteiger partial charge in [0.25, 0.3) is 0 Å². The van der Waals surface area contributed by atoms with E-state index >= 15 is 0 Å². The molecule has 2 aromatic carbocycles. The fourth-order valence-corrected chi connectivity index (χ4v) is 3.27. The lowest BCUT2D eigenvalue weighted by Gasteiger charge is -2.24. The van der Waals surface area contributed by atoms with Gasteiger partial charge < -0.3 is 30.5 Å². The highest BCUT2D eigenvalue weighted by Crippen LogP contribution is 2.26. The molecule has 0 fully saturated rings. The van der Waals surface area contributed by atoms with Crippen LogP contribution in [-0.4, -0.2) is 60.4 Å². The maximum atomic E-state index is 13.8. The Kier molecular flexibility index (Phi) is 11.0. The van der Waals surface area contributed by atoms with E-state index in [1.807, 2.05) is 0 Å². The van der Waals surface area contributed by atoms with Crippen molar-refractivity contribution in [3.8, 4) is 11.5 Å². The fraction of sp³-hybridized carbons (Fsp3) is 0.320. The molecule has 4 N–H and O–H groups in total. The third-order valence-electron chi connectivity index (χ3n) is 5.31. The molecule has 2 aromatic rings. The van der Waals surface area contributed by atoms with E-state index < -0.39 is 89.5 Å². The van der Waals surface area contributed by atoms with E-state index in [1.165, 1.54) is 33.1 Å². The van der Waals surface area contributed by atoms with Crippen molar-refractivity contribution in [1.82, 2.24) is 10.6 Å². The molecule has 0 aliphatic heterocycles. The third-order valence-corrected chi connectivity index (χ3v) is 5.31. The highest BCUT2D eigenvalue weighted by atomic mass is 19.2. The molecule has 0 unspecified atom stereocenters. The van der Waals surface area contributed by atoms with E-state index in [9.17, 15) is 41.5 Å². The van der Waals surface area contributed by atoms with Gasteiger partial charge in [0.15, 0.2) is 23.2 Å². The Hall–Kier alpha value is -4.69. The molecule has 0 radical (unpaired) electrons. The zero-order valence-corrected chi connectivity index (χ0v) is 21.3. The number of hydrogen-bond acceptors (Lipinski definition) is 7. The van der Waals surface area contributed by atoms with Crippen molar-refractivity contribution >= 4 is 35.2 Å². The predicted molar refractivity (Wildman–Crippen MR) is 129 cm³/mol. The number of hydrogen-bond donors (Lipinski definition) is 4. The molecule has 0 aliphatic carbocycles. The van der Waals surface area contributed by atoms with Gasteiger partial charge in [0, 0.05) is 6.07 Å². The summed E-state index contributed by atoms with van der Waals surface area (Å²) in [5.74, 6) is -15.8. The number of carboxylic acids is 1. The number of nitrogens with one attached hydrogen (secondary N) is 3. The first kappa shape index (κ1) is 31.5. The summed E-state index contributed by atoms with van der Waals surface area (Å²) in [6, 6.07) is 2.78. The van der Waals surface area contributed by atoms with Crippen LogP contribution in [0.3, 0.4) is 0 Å². The number of para-hydroxylation sites is 2. The quantitative estimate of drug-likeness (QED) is 0.171. The number of ketones is 1. The second-order valence-electron chi connectivity index (χ2n) is 8.56. The molecule has 2 rings (SSSR count). The van der Waals surface area contributed by atoms with Crippen LogP contribution in [0.25, 0.3) is 0 Å². The maximum absolute atomic E-state index is 13.8. The van der Waals surface area contributed by atoms with Gasteiger partial charge in [-0.2, -0.15) is 8.78 Å². The summed E-state index contributed by atoms with van der Waals surface area (Å²) in [4.78, 5) is 61.6. The Morgan fingerprint density at radius 3 is 2.08 bits per heavy atom. The van der Waals surface area contributed by atoms with Crippen LogP contribution >= 0.6 is 0 Å². The smallest absolute Gasteiger partial charge is 0.313 e. The summed E-state index contributed by atoms with van der Waals surface area (Å²) in [5.41, 5.74) is 0.161. The number of ether oxygens (including phenoxy) is 2. The minimum absolute atomic E-state index is 0.0796. The number of amides is 3. The van der Waals surface area contributed by atoms with Gasteiger partial charge in [0.1, 0.15) is 24.4 Å². The first-order valence-corrected chi connectivity index (χ1v) is 11.5. The lowest BCUT2D eigenvalue weighted by molar-refractivity contribution is -0.141. The Morgan fingerprint density at radius 2 is 1.52 bits per heavy atom. The maximum Gasteiger partial charge on any atom is 0.313 e. The Bertz CT molecular complexity index is 1280. The number of rotatable bonds is 12. The lowest BCUT2D eigenvalue weighted by atomic mass is 10.0. The van der Waals surface area contributed by atoms with Gasteiger partial charge in [-0.25, -0.2) is 8.78 Å². The SMILES string of the molecule is COc1ccccc1NC(=O)C(=O)N[C@H](C(=O)N[C@@H](CC(=O)O)C(=O)COc1c(F)c(F)cc(F)c1F)C(C)C. The van der Waals surface area contributed by atoms with E-state index in [0.29, 0.717) is 0 Å². The van der Waals surface area contributed by atoms with Crippen LogP contribution < -0.4 is 25.4 Å². The van der Waals surface area contributed by atoms with Crippen LogP contribution in [0.5, 0.6) is 11.5 Å². The molecule has 2 atom stereocenters. The molecule has 0 saturated heterocycles. The van der Waals surface area contributed by atoms with E-state index in [2.05, 4.69) is 20.7 Å². The second kappa shape index (κ2) is 13.9. The zero-order chi connectivity index (χ0) is 30.1. The molecule has 0 heterocycles. The normalized spacial score (nSPS) is 12.2. The summed E-state index contributed by atoms with van der Waals surface area (Å²) in [6.45, 7) is 1.67. The minimum Gasteiger partial charge on any atom is -0.495 e. The summed E-state index contributed by atoms with van der Waals surface area (Å²) in [6.07, 6.45) is -1.02. The standard InChI is InChI=1S/C25H25F4N3O8/c1-11(2)21(32-25(38)24(37)30-14-6-4-5-7-17(14)39-3)23(36)31-15(9-18(34)35)16(33)10-40-22-19(28)12(26)8-13(27)20(22)29/h4-8,11,15,21H,9-10H2,1-3H3,(H,30,37)(H,31,36)(H,32,38)(H,34,35)/t15-,21-/m0/s1. The van der Waals surface area contributed by atoms with Gasteiger partial charge in [0.2, 0.25) is 17.5 Å². The summed E-state index contributed by atoms with van der Waals surface area (Å²) in [5, 5.41) is 15.7. The van der Waals surface area contributed by atoms with Crippen molar-refractivity contribution in [3.05, 3.63) is 53.6 Å². The number of aliphatic carboxylic acids is 1. The Morgan fingerprint density at radius 1 is 0.925 bits per heavy atom. The Labute approximate surface area is 224 Å². The van der Waals surface area contributed by atoms with Crippen molar-refractivity contribution in [1.29, 1.82) is 0 Å². The summed E-state index contributed by atoms with van der Waals surface area (Å²) in [7, 11) is 1.34. The number of benzene rings is 2. The van der Waals surface area contributed by atoms with Crippen molar-refractivity contribution < 1.29 is 56.1 Å². The largest absolute Gasteiger partial charge is 0.495 e. The molecule has 40 heavy (non-hydrogen) atoms. The topological polar surface area (TPSA) is 160 Å². The van der Waals surface area contributed by atoms with Gasteiger partial charge in [-0.1, -0.05) is 26.0 Å². The molecule has 3 amide bonds. The number of Topliss-reactive ketones (excluding diaryl/α,β-unsaturated/α-hetero) is 1. The number of carboxylic acid groups (broad SMARTS) is 1. The van der Waals surface area contributed by atoms with Crippen LogP contribution in [0.2, 0.25) is 0 Å². The highest BCUT2D eigenvalue weighted by molar-refractivity contribution is 6.40. The Balaban J connectivity index is 2.14. The van der Waals surface area contributed by atoms with Gasteiger partial charge >= 0.3 is 17.8 Å². The third kappa shape index (κ3) is 8.15. The minimum atomic E-state index is -1.93. The number of carbonyl (C=O) groups excluding carboxylic acids is 4. The average Bonchev–Trinajstić information content (AvgIpc) is 2.89. The molecule has 216 valence electrons. The average molecular weight is 571 g/mol. The van der Waals surface area contributed by atoms with Crippen LogP contribution in [0.15, 0.2) is 30.3 Å². The monoisotopic (exact) mass is 571 g/mol. The van der Waals surface area contributed by atoms with E-state index in [4.69, 9.17) is 9.84 Å². The van der Waals surface area contributed by atoms with Gasteiger partial charge in [-0.05, 0) is 18.1 Å². The molecule has 0 saturated carbocycles. The van der Waals surface area contributed by atoms with Crippen LogP contribution in [0.1, 0.15) is 20.3 Å². The number of carbonyl (C=O) groups is 5. The lowest BCUT2D eigenvalue weighted by Crippen LogP contribution is -2.56. The highest BCUT2D eigenvalue weighted by Gasteiger charge is 2.32. The van der Waals surface area contributed by atoms with Crippen molar-refractivity contribution in [2.75, 3.05) is 19.0 Å². The van der Waals surface area contributed by atoms with Gasteiger partial charge in [-0.3, -0.25) is 24.0 Å². The van der Waals surface area contributed by atoms with Crippen LogP contribution in [0.4, 0.5) is 23.2 Å². The van der Waals surface area contributed by atoms with E-state index in [-0.39, 0.29) is 17.5 Å². The molecular formula is C25H25F4N3O8. The second-order valence-corrected chi connectivity index (χ2v) is 8.56.